The highest BCUT2D eigenvalue weighted by atomic mass is 32.2. The number of anilines is 1. The highest BCUT2D eigenvalue weighted by Gasteiger charge is 2.23. The molecule has 0 saturated carbocycles. The maximum absolute atomic E-state index is 13.4. The molecular weight excluding hydrogens is 470 g/mol. The Kier molecular flexibility index (Phi) is 6.56. The van der Waals surface area contributed by atoms with Crippen molar-refractivity contribution in [3.63, 3.8) is 0 Å². The first-order valence-electron chi connectivity index (χ1n) is 11.2. The van der Waals surface area contributed by atoms with Crippen LogP contribution in [0.2, 0.25) is 0 Å². The van der Waals surface area contributed by atoms with Crippen LogP contribution in [-0.2, 0) is 20.8 Å². The van der Waals surface area contributed by atoms with Gasteiger partial charge >= 0.3 is 5.97 Å². The van der Waals surface area contributed by atoms with Gasteiger partial charge in [0.2, 0.25) is 11.5 Å². The standard InChI is InChI=1S/C25H23N3O6S/c1-32-24(31)15-8-10-16(11-9-15)26-20(29)14-35-25-27-21-18-6-2-3-7-19(18)34-22(21)23(30)28(25)13-17-5-4-12-33-17/h2-3,6-11,17H,4-5,12-14H2,1H3,(H,26,29)/t17-/m0/s1. The van der Waals surface area contributed by atoms with Crippen molar-refractivity contribution in [2.45, 2.75) is 30.6 Å². The number of para-hydroxylation sites is 1. The van der Waals surface area contributed by atoms with Gasteiger partial charge in [-0.1, -0.05) is 23.9 Å². The number of fused-ring (bicyclic) bond motifs is 3. The van der Waals surface area contributed by atoms with E-state index in [4.69, 9.17) is 14.1 Å². The minimum Gasteiger partial charge on any atom is -0.465 e. The summed E-state index contributed by atoms with van der Waals surface area (Å²) in [7, 11) is 1.31. The lowest BCUT2D eigenvalue weighted by Crippen LogP contribution is -2.29. The van der Waals surface area contributed by atoms with Gasteiger partial charge in [0.25, 0.3) is 5.56 Å². The van der Waals surface area contributed by atoms with Crippen LogP contribution in [0, 0.1) is 0 Å². The number of benzene rings is 2. The number of carbonyl (C=O) groups excluding carboxylic acids is 2. The Bertz CT molecular complexity index is 1450. The molecule has 3 heterocycles. The zero-order valence-corrected chi connectivity index (χ0v) is 19.8. The molecule has 0 unspecified atom stereocenters. The quantitative estimate of drug-likeness (QED) is 0.235. The van der Waals surface area contributed by atoms with Gasteiger partial charge in [-0.15, -0.1) is 0 Å². The van der Waals surface area contributed by atoms with Gasteiger partial charge in [0, 0.05) is 17.7 Å². The van der Waals surface area contributed by atoms with Crippen LogP contribution >= 0.6 is 11.8 Å². The van der Waals surface area contributed by atoms with Crippen LogP contribution in [0.4, 0.5) is 5.69 Å². The Labute approximate surface area is 204 Å². The van der Waals surface area contributed by atoms with Crippen molar-refractivity contribution in [2.75, 3.05) is 24.8 Å². The van der Waals surface area contributed by atoms with Crippen molar-refractivity contribution in [3.05, 3.63) is 64.4 Å². The zero-order chi connectivity index (χ0) is 24.4. The van der Waals surface area contributed by atoms with Crippen LogP contribution in [0.1, 0.15) is 23.2 Å². The lowest BCUT2D eigenvalue weighted by atomic mass is 10.2. The van der Waals surface area contributed by atoms with Gasteiger partial charge in [-0.2, -0.15) is 0 Å². The second kappa shape index (κ2) is 9.93. The summed E-state index contributed by atoms with van der Waals surface area (Å²) in [5, 5.41) is 3.98. The number of nitrogens with one attached hydrogen (secondary N) is 1. The maximum Gasteiger partial charge on any atom is 0.337 e. The summed E-state index contributed by atoms with van der Waals surface area (Å²) in [6.07, 6.45) is 1.72. The predicted molar refractivity (Wildman–Crippen MR) is 132 cm³/mol. The molecule has 0 spiro atoms. The van der Waals surface area contributed by atoms with E-state index in [1.165, 1.54) is 18.9 Å². The minimum atomic E-state index is -0.448. The molecule has 0 radical (unpaired) electrons. The summed E-state index contributed by atoms with van der Waals surface area (Å²) in [5.41, 5.74) is 1.92. The van der Waals surface area contributed by atoms with Crippen molar-refractivity contribution >= 4 is 51.4 Å². The normalized spacial score (nSPS) is 15.5. The molecule has 180 valence electrons. The summed E-state index contributed by atoms with van der Waals surface area (Å²) in [4.78, 5) is 42.3. The second-order valence-electron chi connectivity index (χ2n) is 8.13. The molecule has 0 aliphatic carbocycles. The highest BCUT2D eigenvalue weighted by Crippen LogP contribution is 2.28. The van der Waals surface area contributed by atoms with E-state index in [0.29, 0.717) is 40.7 Å². The smallest absolute Gasteiger partial charge is 0.337 e. The van der Waals surface area contributed by atoms with E-state index in [1.54, 1.807) is 34.9 Å². The van der Waals surface area contributed by atoms with Gasteiger partial charge in [0.15, 0.2) is 5.16 Å². The van der Waals surface area contributed by atoms with Crippen molar-refractivity contribution < 1.29 is 23.5 Å². The number of methoxy groups -OCH3 is 1. The number of rotatable bonds is 7. The van der Waals surface area contributed by atoms with E-state index >= 15 is 0 Å². The first kappa shape index (κ1) is 23.1. The number of furan rings is 1. The van der Waals surface area contributed by atoms with Gasteiger partial charge in [-0.05, 0) is 49.2 Å². The molecular formula is C25H23N3O6S. The van der Waals surface area contributed by atoms with E-state index in [2.05, 4.69) is 10.1 Å². The third-order valence-electron chi connectivity index (χ3n) is 5.78. The van der Waals surface area contributed by atoms with Crippen molar-refractivity contribution in [2.24, 2.45) is 0 Å². The lowest BCUT2D eigenvalue weighted by molar-refractivity contribution is -0.113. The molecule has 10 heteroatoms. The Morgan fingerprint density at radius 2 is 2.00 bits per heavy atom. The summed E-state index contributed by atoms with van der Waals surface area (Å²) in [6.45, 7) is 1.01. The van der Waals surface area contributed by atoms with Crippen LogP contribution in [0.15, 0.2) is 62.9 Å². The molecule has 2 aromatic heterocycles. The van der Waals surface area contributed by atoms with E-state index in [1.807, 2.05) is 18.2 Å². The summed E-state index contributed by atoms with van der Waals surface area (Å²) < 4.78 is 17.8. The van der Waals surface area contributed by atoms with E-state index in [0.717, 1.165) is 18.2 Å². The number of hydrogen-bond acceptors (Lipinski definition) is 8. The van der Waals surface area contributed by atoms with Gasteiger partial charge < -0.3 is 19.2 Å². The Morgan fingerprint density at radius 3 is 2.74 bits per heavy atom. The molecule has 1 aliphatic heterocycles. The molecule has 1 fully saturated rings. The Hall–Kier alpha value is -3.63. The maximum atomic E-state index is 13.4. The summed E-state index contributed by atoms with van der Waals surface area (Å²) in [6, 6.07) is 13.8. The average molecular weight is 494 g/mol. The van der Waals surface area contributed by atoms with Gasteiger partial charge in [-0.3, -0.25) is 14.2 Å². The molecule has 2 aromatic carbocycles. The largest absolute Gasteiger partial charge is 0.465 e. The fourth-order valence-electron chi connectivity index (χ4n) is 4.05. The summed E-state index contributed by atoms with van der Waals surface area (Å²) >= 11 is 1.18. The molecule has 1 N–H and O–H groups in total. The first-order valence-corrected chi connectivity index (χ1v) is 12.2. The van der Waals surface area contributed by atoms with Crippen LogP contribution in [-0.4, -0.2) is 47.0 Å². The fourth-order valence-corrected chi connectivity index (χ4v) is 4.85. The molecule has 4 aromatic rings. The van der Waals surface area contributed by atoms with Gasteiger partial charge in [0.1, 0.15) is 11.1 Å². The van der Waals surface area contributed by atoms with E-state index in [9.17, 15) is 14.4 Å². The van der Waals surface area contributed by atoms with E-state index < -0.39 is 5.97 Å². The Balaban J connectivity index is 1.39. The first-order chi connectivity index (χ1) is 17.0. The molecule has 1 aliphatic rings. The molecule has 0 bridgehead atoms. The number of ether oxygens (including phenoxy) is 2. The average Bonchev–Trinajstić information content (AvgIpc) is 3.53. The fraction of sp³-hybridized carbons (Fsp3) is 0.280. The monoisotopic (exact) mass is 493 g/mol. The molecule has 9 nitrogen and oxygen atoms in total. The van der Waals surface area contributed by atoms with Gasteiger partial charge in [-0.25, -0.2) is 9.78 Å². The number of carbonyl (C=O) groups is 2. The molecule has 1 saturated heterocycles. The van der Waals surface area contributed by atoms with Gasteiger partial charge in [0.05, 0.1) is 31.1 Å². The topological polar surface area (TPSA) is 113 Å². The predicted octanol–water partition coefficient (Wildman–Crippen LogP) is 3.84. The van der Waals surface area contributed by atoms with Crippen LogP contribution in [0.5, 0.6) is 0 Å². The summed E-state index contributed by atoms with van der Waals surface area (Å²) in [5.74, 6) is -0.676. The molecule has 5 rings (SSSR count). The molecule has 35 heavy (non-hydrogen) atoms. The minimum absolute atomic E-state index is 0.0397. The number of nitrogens with zero attached hydrogens (tertiary/aromatic N) is 2. The van der Waals surface area contributed by atoms with Crippen LogP contribution in [0.3, 0.4) is 0 Å². The Morgan fingerprint density at radius 1 is 1.20 bits per heavy atom. The zero-order valence-electron chi connectivity index (χ0n) is 19.0. The SMILES string of the molecule is COC(=O)c1ccc(NC(=O)CSc2nc3c(oc4ccccc43)c(=O)n2C[C@@H]2CCCO2)cc1. The number of amides is 1. The second-order valence-corrected chi connectivity index (χ2v) is 9.07. The highest BCUT2D eigenvalue weighted by molar-refractivity contribution is 7.99. The number of aromatic nitrogens is 2. The van der Waals surface area contributed by atoms with Crippen molar-refractivity contribution in [3.8, 4) is 0 Å². The van der Waals surface area contributed by atoms with Crippen molar-refractivity contribution in [1.82, 2.24) is 9.55 Å². The van der Waals surface area contributed by atoms with Crippen molar-refractivity contribution in [1.29, 1.82) is 0 Å². The van der Waals surface area contributed by atoms with Crippen LogP contribution < -0.4 is 10.9 Å². The van der Waals surface area contributed by atoms with E-state index in [-0.39, 0.29) is 28.9 Å². The molecule has 1 atom stereocenters. The molecule has 1 amide bonds. The third kappa shape index (κ3) is 4.80. The number of esters is 1. The number of hydrogen-bond donors (Lipinski definition) is 1. The lowest BCUT2D eigenvalue weighted by Gasteiger charge is -2.15. The number of thioether (sulfide) groups is 1. The third-order valence-corrected chi connectivity index (χ3v) is 6.76. The van der Waals surface area contributed by atoms with Crippen LogP contribution in [0.25, 0.3) is 22.1 Å².